The van der Waals surface area contributed by atoms with Gasteiger partial charge in [0, 0.05) is 17.4 Å². The highest BCUT2D eigenvalue weighted by Crippen LogP contribution is 2.12. The Morgan fingerprint density at radius 1 is 1.47 bits per heavy atom. The number of aliphatic hydroxyl groups is 1. The standard InChI is InChI=1S/C13H17NO3S2/c1-11(18-2)10-14-19(16,17)13-7-3-5-12(9-13)6-4-8-15/h3,5,7,9,11,14-15H,8,10H2,1-2H3. The summed E-state index contributed by atoms with van der Waals surface area (Å²) in [5.74, 6) is 5.18. The minimum atomic E-state index is -3.51. The molecule has 6 heteroatoms. The van der Waals surface area contributed by atoms with Crippen molar-refractivity contribution in [2.75, 3.05) is 19.4 Å². The summed E-state index contributed by atoms with van der Waals surface area (Å²) in [5.41, 5.74) is 0.565. The Balaban J connectivity index is 2.89. The summed E-state index contributed by atoms with van der Waals surface area (Å²) < 4.78 is 26.7. The van der Waals surface area contributed by atoms with Gasteiger partial charge >= 0.3 is 0 Å². The lowest BCUT2D eigenvalue weighted by Gasteiger charge is -2.10. The van der Waals surface area contributed by atoms with Crippen LogP contribution in [0.1, 0.15) is 12.5 Å². The molecule has 0 radical (unpaired) electrons. The van der Waals surface area contributed by atoms with Crippen LogP contribution in [-0.2, 0) is 10.0 Å². The van der Waals surface area contributed by atoms with Gasteiger partial charge in [-0.1, -0.05) is 24.8 Å². The summed E-state index contributed by atoms with van der Waals surface area (Å²) in [4.78, 5) is 0.186. The summed E-state index contributed by atoms with van der Waals surface area (Å²) in [6, 6.07) is 6.35. The molecule has 0 aliphatic heterocycles. The lowest BCUT2D eigenvalue weighted by molar-refractivity contribution is 0.350. The van der Waals surface area contributed by atoms with Crippen LogP contribution in [0.4, 0.5) is 0 Å². The lowest BCUT2D eigenvalue weighted by Crippen LogP contribution is -2.29. The Bertz CT molecular complexity index is 573. The van der Waals surface area contributed by atoms with Gasteiger partial charge in [-0.25, -0.2) is 13.1 Å². The summed E-state index contributed by atoms with van der Waals surface area (Å²) >= 11 is 1.60. The molecule has 1 aromatic rings. The van der Waals surface area contributed by atoms with E-state index in [0.29, 0.717) is 12.1 Å². The van der Waals surface area contributed by atoms with Gasteiger partial charge in [0.15, 0.2) is 0 Å². The molecule has 0 aromatic heterocycles. The second-order valence-electron chi connectivity index (χ2n) is 3.89. The molecule has 1 rings (SSSR count). The SMILES string of the molecule is CSC(C)CNS(=O)(=O)c1cccc(C#CCO)c1. The van der Waals surface area contributed by atoms with E-state index in [1.807, 2.05) is 13.2 Å². The van der Waals surface area contributed by atoms with Crippen LogP contribution in [0.25, 0.3) is 0 Å². The minimum Gasteiger partial charge on any atom is -0.384 e. The second kappa shape index (κ2) is 7.56. The maximum atomic E-state index is 12.1. The fraction of sp³-hybridized carbons (Fsp3) is 0.385. The van der Waals surface area contributed by atoms with Crippen molar-refractivity contribution in [3.8, 4) is 11.8 Å². The van der Waals surface area contributed by atoms with Gasteiger partial charge in [-0.2, -0.15) is 11.8 Å². The van der Waals surface area contributed by atoms with Crippen molar-refractivity contribution in [3.63, 3.8) is 0 Å². The van der Waals surface area contributed by atoms with E-state index in [9.17, 15) is 8.42 Å². The number of hydrogen-bond donors (Lipinski definition) is 2. The number of benzene rings is 1. The number of thioether (sulfide) groups is 1. The molecule has 0 bridgehead atoms. The van der Waals surface area contributed by atoms with Crippen LogP contribution in [0.15, 0.2) is 29.2 Å². The van der Waals surface area contributed by atoms with Gasteiger partial charge in [0.1, 0.15) is 6.61 Å². The fourth-order valence-electron chi connectivity index (χ4n) is 1.28. The number of sulfonamides is 1. The van der Waals surface area contributed by atoms with Gasteiger partial charge in [0.05, 0.1) is 4.90 Å². The topological polar surface area (TPSA) is 66.4 Å². The molecule has 0 fully saturated rings. The first-order valence-electron chi connectivity index (χ1n) is 5.72. The molecule has 4 nitrogen and oxygen atoms in total. The van der Waals surface area contributed by atoms with Gasteiger partial charge < -0.3 is 5.11 Å². The van der Waals surface area contributed by atoms with Crippen molar-refractivity contribution >= 4 is 21.8 Å². The zero-order valence-corrected chi connectivity index (χ0v) is 12.5. The molecule has 1 aromatic carbocycles. The smallest absolute Gasteiger partial charge is 0.240 e. The molecule has 0 aliphatic carbocycles. The highest BCUT2D eigenvalue weighted by atomic mass is 32.2. The first-order chi connectivity index (χ1) is 8.99. The Labute approximate surface area is 118 Å². The fourth-order valence-corrected chi connectivity index (χ4v) is 2.81. The van der Waals surface area contributed by atoms with Crippen LogP contribution < -0.4 is 4.72 Å². The first-order valence-corrected chi connectivity index (χ1v) is 8.49. The molecule has 1 atom stereocenters. The Morgan fingerprint density at radius 3 is 2.84 bits per heavy atom. The molecular weight excluding hydrogens is 282 g/mol. The van der Waals surface area contributed by atoms with E-state index in [1.165, 1.54) is 12.1 Å². The average molecular weight is 299 g/mol. The van der Waals surface area contributed by atoms with Gasteiger partial charge in [-0.05, 0) is 24.5 Å². The first kappa shape index (κ1) is 16.1. The maximum Gasteiger partial charge on any atom is 0.240 e. The third kappa shape index (κ3) is 5.25. The summed E-state index contributed by atoms with van der Waals surface area (Å²) in [6.07, 6.45) is 1.93. The Hall–Kier alpha value is -1.00. The zero-order valence-electron chi connectivity index (χ0n) is 10.9. The van der Waals surface area contributed by atoms with Crippen molar-refractivity contribution in [1.29, 1.82) is 0 Å². The predicted molar refractivity (Wildman–Crippen MR) is 78.6 cm³/mol. The summed E-state index contributed by atoms with van der Waals surface area (Å²) in [7, 11) is -3.51. The van der Waals surface area contributed by atoms with Gasteiger partial charge in [0.25, 0.3) is 0 Å². The van der Waals surface area contributed by atoms with Crippen LogP contribution in [0, 0.1) is 11.8 Å². The molecule has 0 amide bonds. The normalized spacial score (nSPS) is 12.6. The van der Waals surface area contributed by atoms with Crippen LogP contribution >= 0.6 is 11.8 Å². The zero-order chi connectivity index (χ0) is 14.3. The minimum absolute atomic E-state index is 0.186. The Kier molecular flexibility index (Phi) is 6.38. The molecule has 0 spiro atoms. The van der Waals surface area contributed by atoms with E-state index in [-0.39, 0.29) is 16.8 Å². The quantitative estimate of drug-likeness (QED) is 0.798. The van der Waals surface area contributed by atoms with E-state index >= 15 is 0 Å². The largest absolute Gasteiger partial charge is 0.384 e. The van der Waals surface area contributed by atoms with Gasteiger partial charge in [-0.15, -0.1) is 0 Å². The molecular formula is C13H17NO3S2. The third-order valence-corrected chi connectivity index (χ3v) is 4.81. The van der Waals surface area contributed by atoms with Crippen molar-refractivity contribution < 1.29 is 13.5 Å². The highest BCUT2D eigenvalue weighted by Gasteiger charge is 2.14. The van der Waals surface area contributed by atoms with Crippen molar-refractivity contribution in [2.24, 2.45) is 0 Å². The van der Waals surface area contributed by atoms with E-state index in [2.05, 4.69) is 16.6 Å². The number of aliphatic hydroxyl groups excluding tert-OH is 1. The van der Waals surface area contributed by atoms with Gasteiger partial charge in [0.2, 0.25) is 10.0 Å². The molecule has 1 unspecified atom stereocenters. The van der Waals surface area contributed by atoms with E-state index in [0.717, 1.165) is 0 Å². The molecule has 0 aliphatic rings. The van der Waals surface area contributed by atoms with Crippen LogP contribution in [-0.4, -0.2) is 38.2 Å². The molecule has 19 heavy (non-hydrogen) atoms. The second-order valence-corrected chi connectivity index (χ2v) is 6.93. The van der Waals surface area contributed by atoms with Crippen LogP contribution in [0.2, 0.25) is 0 Å². The number of rotatable bonds is 5. The van der Waals surface area contributed by atoms with E-state index < -0.39 is 10.0 Å². The number of hydrogen-bond acceptors (Lipinski definition) is 4. The van der Waals surface area contributed by atoms with Crippen molar-refractivity contribution in [1.82, 2.24) is 4.72 Å². The maximum absolute atomic E-state index is 12.1. The van der Waals surface area contributed by atoms with Crippen molar-refractivity contribution in [3.05, 3.63) is 29.8 Å². The summed E-state index contributed by atoms with van der Waals surface area (Å²) in [6.45, 7) is 2.09. The molecule has 0 saturated carbocycles. The molecule has 2 N–H and O–H groups in total. The van der Waals surface area contributed by atoms with Gasteiger partial charge in [-0.3, -0.25) is 0 Å². The molecule has 104 valence electrons. The van der Waals surface area contributed by atoms with E-state index in [4.69, 9.17) is 5.11 Å². The van der Waals surface area contributed by atoms with Crippen LogP contribution in [0.5, 0.6) is 0 Å². The number of nitrogens with one attached hydrogen (secondary N) is 1. The summed E-state index contributed by atoms with van der Waals surface area (Å²) in [5, 5.41) is 8.84. The van der Waals surface area contributed by atoms with Crippen LogP contribution in [0.3, 0.4) is 0 Å². The molecule has 0 heterocycles. The molecule has 0 saturated heterocycles. The lowest BCUT2D eigenvalue weighted by atomic mass is 10.2. The highest BCUT2D eigenvalue weighted by molar-refractivity contribution is 7.99. The van der Waals surface area contributed by atoms with E-state index in [1.54, 1.807) is 23.9 Å². The predicted octanol–water partition coefficient (Wildman–Crippen LogP) is 1.06. The Morgan fingerprint density at radius 2 is 2.21 bits per heavy atom. The van der Waals surface area contributed by atoms with Crippen molar-refractivity contribution in [2.45, 2.75) is 17.1 Å². The average Bonchev–Trinajstić information content (AvgIpc) is 2.43. The monoisotopic (exact) mass is 299 g/mol. The third-order valence-electron chi connectivity index (χ3n) is 2.42.